The molecule has 0 saturated heterocycles. The lowest BCUT2D eigenvalue weighted by Gasteiger charge is -1.99. The van der Waals surface area contributed by atoms with E-state index in [1.165, 1.54) is 22.5 Å². The van der Waals surface area contributed by atoms with Crippen LogP contribution in [0.15, 0.2) is 42.7 Å². The molecular formula is C14H16N3+. The predicted octanol–water partition coefficient (Wildman–Crippen LogP) is 2.35. The number of rotatable bonds is 2. The number of hydrogen-bond donors (Lipinski definition) is 1. The second-order valence-corrected chi connectivity index (χ2v) is 4.25. The van der Waals surface area contributed by atoms with Crippen LogP contribution in [0.4, 0.5) is 0 Å². The number of para-hydroxylation sites is 1. The van der Waals surface area contributed by atoms with Crippen molar-refractivity contribution < 1.29 is 4.57 Å². The Balaban J connectivity index is 2.24. The Hall–Kier alpha value is -2.03. The first kappa shape index (κ1) is 10.1. The smallest absolute Gasteiger partial charge is 0.264 e. The van der Waals surface area contributed by atoms with Crippen molar-refractivity contribution >= 4 is 10.9 Å². The summed E-state index contributed by atoms with van der Waals surface area (Å²) in [5.41, 5.74) is 1.24. The molecule has 86 valence electrons. The molecule has 0 radical (unpaired) electrons. The predicted molar refractivity (Wildman–Crippen MR) is 68.2 cm³/mol. The standard InChI is InChI=1S/C14H15N3/c1-3-13-15-10-14(16(13)2)17-9-8-11-6-4-5-7-12(11)17/h4-10H,3H2,1-2H3/p+1. The van der Waals surface area contributed by atoms with E-state index in [4.69, 9.17) is 0 Å². The Morgan fingerprint density at radius 2 is 2.06 bits per heavy atom. The van der Waals surface area contributed by atoms with Gasteiger partial charge < -0.3 is 0 Å². The van der Waals surface area contributed by atoms with Crippen LogP contribution in [0.2, 0.25) is 0 Å². The summed E-state index contributed by atoms with van der Waals surface area (Å²) in [5.74, 6) is 2.40. The van der Waals surface area contributed by atoms with Gasteiger partial charge in [-0.25, -0.2) is 9.13 Å². The molecule has 3 nitrogen and oxygen atoms in total. The first-order valence-electron chi connectivity index (χ1n) is 5.94. The molecule has 0 bridgehead atoms. The van der Waals surface area contributed by atoms with E-state index in [0.717, 1.165) is 6.42 Å². The molecule has 1 N–H and O–H groups in total. The monoisotopic (exact) mass is 226 g/mol. The number of aromatic amines is 1. The molecule has 3 rings (SSSR count). The van der Waals surface area contributed by atoms with Gasteiger partial charge in [0.15, 0.2) is 0 Å². The topological polar surface area (TPSA) is 24.6 Å². The van der Waals surface area contributed by atoms with Crippen molar-refractivity contribution in [3.63, 3.8) is 0 Å². The summed E-state index contributed by atoms with van der Waals surface area (Å²) >= 11 is 0. The van der Waals surface area contributed by atoms with Crippen molar-refractivity contribution in [1.29, 1.82) is 0 Å². The molecule has 0 aliphatic heterocycles. The zero-order chi connectivity index (χ0) is 11.8. The van der Waals surface area contributed by atoms with Crippen LogP contribution in [-0.4, -0.2) is 9.55 Å². The minimum Gasteiger partial charge on any atom is -0.277 e. The number of imidazole rings is 1. The summed E-state index contributed by atoms with van der Waals surface area (Å²) in [6, 6.07) is 10.6. The van der Waals surface area contributed by atoms with Gasteiger partial charge in [0.2, 0.25) is 5.82 Å². The summed E-state index contributed by atoms with van der Waals surface area (Å²) in [6.07, 6.45) is 5.19. The molecule has 0 spiro atoms. The molecule has 3 aromatic rings. The van der Waals surface area contributed by atoms with Gasteiger partial charge in [-0.15, -0.1) is 0 Å². The summed E-state index contributed by atoms with van der Waals surface area (Å²) in [6.45, 7) is 2.16. The summed E-state index contributed by atoms with van der Waals surface area (Å²) in [4.78, 5) is 3.32. The van der Waals surface area contributed by atoms with Crippen LogP contribution in [0, 0.1) is 0 Å². The Labute approximate surface area is 100 Å². The van der Waals surface area contributed by atoms with E-state index in [0.29, 0.717) is 0 Å². The number of fused-ring (bicyclic) bond motifs is 1. The summed E-state index contributed by atoms with van der Waals surface area (Å²) in [7, 11) is 2.10. The van der Waals surface area contributed by atoms with Crippen LogP contribution in [0.1, 0.15) is 12.7 Å². The Bertz CT molecular complexity index is 661. The van der Waals surface area contributed by atoms with Crippen molar-refractivity contribution in [2.24, 2.45) is 7.05 Å². The fraction of sp³-hybridized carbons (Fsp3) is 0.214. The normalized spacial score (nSPS) is 11.2. The second-order valence-electron chi connectivity index (χ2n) is 4.25. The number of nitrogens with zero attached hydrogens (tertiary/aromatic N) is 2. The highest BCUT2D eigenvalue weighted by atomic mass is 15.2. The van der Waals surface area contributed by atoms with Crippen LogP contribution in [0.25, 0.3) is 16.7 Å². The second kappa shape index (κ2) is 3.77. The fourth-order valence-electron chi connectivity index (χ4n) is 2.33. The third-order valence-corrected chi connectivity index (χ3v) is 3.30. The third-order valence-electron chi connectivity index (χ3n) is 3.30. The average molecular weight is 226 g/mol. The minimum atomic E-state index is 1.01. The zero-order valence-electron chi connectivity index (χ0n) is 10.1. The highest BCUT2D eigenvalue weighted by Gasteiger charge is 2.15. The van der Waals surface area contributed by atoms with E-state index in [1.54, 1.807) is 0 Å². The van der Waals surface area contributed by atoms with Gasteiger partial charge in [-0.05, 0) is 12.1 Å². The largest absolute Gasteiger partial charge is 0.277 e. The maximum atomic E-state index is 3.32. The summed E-state index contributed by atoms with van der Waals surface area (Å²) < 4.78 is 4.41. The Morgan fingerprint density at radius 3 is 2.82 bits per heavy atom. The first-order valence-corrected chi connectivity index (χ1v) is 5.94. The molecule has 0 aliphatic carbocycles. The lowest BCUT2D eigenvalue weighted by atomic mass is 10.2. The number of aryl methyl sites for hydroxylation is 1. The van der Waals surface area contributed by atoms with Crippen LogP contribution < -0.4 is 4.57 Å². The number of nitrogens with one attached hydrogen (secondary N) is 1. The molecule has 2 aromatic heterocycles. The molecule has 1 aromatic carbocycles. The Morgan fingerprint density at radius 1 is 1.24 bits per heavy atom. The molecule has 0 saturated carbocycles. The van der Waals surface area contributed by atoms with Gasteiger partial charge in [0, 0.05) is 11.8 Å². The van der Waals surface area contributed by atoms with Crippen molar-refractivity contribution in [2.75, 3.05) is 0 Å². The lowest BCUT2D eigenvalue weighted by molar-refractivity contribution is -0.672. The van der Waals surface area contributed by atoms with Crippen molar-refractivity contribution in [1.82, 2.24) is 9.55 Å². The number of hydrogen-bond acceptors (Lipinski definition) is 0. The van der Waals surface area contributed by atoms with Gasteiger partial charge in [0.05, 0.1) is 13.2 Å². The third kappa shape index (κ3) is 1.46. The first-order chi connectivity index (χ1) is 8.31. The number of benzene rings is 1. The molecule has 0 amide bonds. The maximum Gasteiger partial charge on any atom is 0.264 e. The fourth-order valence-corrected chi connectivity index (χ4v) is 2.33. The van der Waals surface area contributed by atoms with E-state index in [1.807, 2.05) is 0 Å². The molecule has 0 atom stereocenters. The van der Waals surface area contributed by atoms with Crippen LogP contribution >= 0.6 is 0 Å². The van der Waals surface area contributed by atoms with Gasteiger partial charge in [-0.3, -0.25) is 4.98 Å². The van der Waals surface area contributed by atoms with E-state index in [2.05, 4.69) is 70.8 Å². The van der Waals surface area contributed by atoms with Crippen molar-refractivity contribution in [2.45, 2.75) is 13.3 Å². The molecule has 17 heavy (non-hydrogen) atoms. The quantitative estimate of drug-likeness (QED) is 0.649. The molecule has 0 fully saturated rings. The highest BCUT2D eigenvalue weighted by Crippen LogP contribution is 2.18. The highest BCUT2D eigenvalue weighted by molar-refractivity contribution is 5.81. The minimum absolute atomic E-state index is 1.01. The van der Waals surface area contributed by atoms with E-state index >= 15 is 0 Å². The van der Waals surface area contributed by atoms with Gasteiger partial charge in [0.25, 0.3) is 5.82 Å². The number of aromatic nitrogens is 3. The number of H-pyrrole nitrogens is 1. The molecule has 2 heterocycles. The van der Waals surface area contributed by atoms with Gasteiger partial charge in [-0.1, -0.05) is 25.1 Å². The molecule has 0 unspecified atom stereocenters. The van der Waals surface area contributed by atoms with Gasteiger partial charge in [0.1, 0.15) is 11.7 Å². The molecule has 3 heteroatoms. The zero-order valence-corrected chi connectivity index (χ0v) is 10.1. The summed E-state index contributed by atoms with van der Waals surface area (Å²) in [5, 5.41) is 1.27. The van der Waals surface area contributed by atoms with Crippen molar-refractivity contribution in [3.05, 3.63) is 48.5 Å². The van der Waals surface area contributed by atoms with Crippen molar-refractivity contribution in [3.8, 4) is 5.82 Å². The maximum absolute atomic E-state index is 3.32. The lowest BCUT2D eigenvalue weighted by Crippen LogP contribution is -2.35. The van der Waals surface area contributed by atoms with Crippen LogP contribution in [0.5, 0.6) is 0 Å². The molecular weight excluding hydrogens is 210 g/mol. The van der Waals surface area contributed by atoms with E-state index < -0.39 is 0 Å². The van der Waals surface area contributed by atoms with E-state index in [-0.39, 0.29) is 0 Å². The van der Waals surface area contributed by atoms with Crippen LogP contribution in [-0.2, 0) is 13.5 Å². The SMILES string of the molecule is CCc1[nH]cc(-n2ccc3ccccc32)[n+]1C. The van der Waals surface area contributed by atoms with Gasteiger partial charge in [-0.2, -0.15) is 0 Å². The average Bonchev–Trinajstić information content (AvgIpc) is 2.92. The molecule has 0 aliphatic rings. The van der Waals surface area contributed by atoms with Crippen LogP contribution in [0.3, 0.4) is 0 Å². The van der Waals surface area contributed by atoms with Gasteiger partial charge >= 0.3 is 0 Å². The Kier molecular flexibility index (Phi) is 2.25. The van der Waals surface area contributed by atoms with E-state index in [9.17, 15) is 0 Å².